The van der Waals surface area contributed by atoms with Crippen LogP contribution in [0, 0.1) is 6.92 Å². The Hall–Kier alpha value is -1.40. The van der Waals surface area contributed by atoms with E-state index in [2.05, 4.69) is 11.6 Å². The minimum Gasteiger partial charge on any atom is -0.478 e. The maximum absolute atomic E-state index is 12.2. The smallest absolute Gasteiger partial charge is 0.335 e. The van der Waals surface area contributed by atoms with Gasteiger partial charge >= 0.3 is 5.97 Å². The van der Waals surface area contributed by atoms with E-state index < -0.39 is 16.0 Å². The van der Waals surface area contributed by atoms with Crippen LogP contribution in [0.2, 0.25) is 0 Å². The van der Waals surface area contributed by atoms with Crippen LogP contribution < -0.4 is 4.72 Å². The molecule has 0 amide bonds. The van der Waals surface area contributed by atoms with Gasteiger partial charge in [-0.15, -0.1) is 0 Å². The van der Waals surface area contributed by atoms with E-state index in [0.29, 0.717) is 12.1 Å². The van der Waals surface area contributed by atoms with Gasteiger partial charge in [-0.05, 0) is 31.0 Å². The molecule has 0 aliphatic rings. The summed E-state index contributed by atoms with van der Waals surface area (Å²) < 4.78 is 26.8. The van der Waals surface area contributed by atoms with Crippen LogP contribution in [0.25, 0.3) is 0 Å². The zero-order valence-corrected chi connectivity index (χ0v) is 12.7. The number of carboxylic acid groups (broad SMARTS) is 1. The number of aromatic carboxylic acids is 1. The Balaban J connectivity index is 2.81. The predicted molar refractivity (Wildman–Crippen MR) is 77.5 cm³/mol. The molecule has 0 spiro atoms. The second-order valence-electron chi connectivity index (χ2n) is 4.74. The topological polar surface area (TPSA) is 83.5 Å². The number of nitrogens with one attached hydrogen (secondary N) is 1. The van der Waals surface area contributed by atoms with Gasteiger partial charge in [-0.3, -0.25) is 0 Å². The molecule has 0 radical (unpaired) electrons. The molecule has 0 aliphatic carbocycles. The minimum atomic E-state index is -3.65. The second kappa shape index (κ2) is 7.40. The monoisotopic (exact) mass is 299 g/mol. The average molecular weight is 299 g/mol. The van der Waals surface area contributed by atoms with Gasteiger partial charge in [-0.1, -0.05) is 32.3 Å². The van der Waals surface area contributed by atoms with Gasteiger partial charge in [-0.2, -0.15) is 0 Å². The van der Waals surface area contributed by atoms with Crippen molar-refractivity contribution in [1.29, 1.82) is 0 Å². The first kappa shape index (κ1) is 16.7. The van der Waals surface area contributed by atoms with E-state index in [0.717, 1.165) is 25.7 Å². The summed E-state index contributed by atoms with van der Waals surface area (Å²) in [5, 5.41) is 8.92. The summed E-state index contributed by atoms with van der Waals surface area (Å²) in [6.45, 7) is 4.11. The number of carboxylic acids is 1. The molecule has 0 aromatic heterocycles. The van der Waals surface area contributed by atoms with Gasteiger partial charge in [0, 0.05) is 6.54 Å². The van der Waals surface area contributed by atoms with E-state index in [1.54, 1.807) is 6.92 Å². The minimum absolute atomic E-state index is 0.0260. The lowest BCUT2D eigenvalue weighted by molar-refractivity contribution is 0.0696. The van der Waals surface area contributed by atoms with Crippen LogP contribution in [0.1, 0.15) is 48.5 Å². The number of hydrogen-bond acceptors (Lipinski definition) is 3. The van der Waals surface area contributed by atoms with E-state index in [4.69, 9.17) is 5.11 Å². The first-order valence-electron chi connectivity index (χ1n) is 6.72. The molecule has 0 fully saturated rings. The van der Waals surface area contributed by atoms with Crippen LogP contribution in [0.4, 0.5) is 0 Å². The van der Waals surface area contributed by atoms with Crippen molar-refractivity contribution in [3.8, 4) is 0 Å². The van der Waals surface area contributed by atoms with Crippen LogP contribution in [0.5, 0.6) is 0 Å². The number of sulfonamides is 1. The Morgan fingerprint density at radius 2 is 1.95 bits per heavy atom. The summed E-state index contributed by atoms with van der Waals surface area (Å²) in [5.41, 5.74) is 0.512. The maximum atomic E-state index is 12.2. The summed E-state index contributed by atoms with van der Waals surface area (Å²) in [5.74, 6) is -1.13. The average Bonchev–Trinajstić information content (AvgIpc) is 2.38. The molecule has 1 rings (SSSR count). The molecule has 6 heteroatoms. The quantitative estimate of drug-likeness (QED) is 0.723. The lowest BCUT2D eigenvalue weighted by Crippen LogP contribution is -2.25. The summed E-state index contributed by atoms with van der Waals surface area (Å²) in [7, 11) is -3.65. The van der Waals surface area contributed by atoms with Gasteiger partial charge in [-0.25, -0.2) is 17.9 Å². The fraction of sp³-hybridized carbons (Fsp3) is 0.500. The van der Waals surface area contributed by atoms with Crippen LogP contribution in [0.15, 0.2) is 23.1 Å². The largest absolute Gasteiger partial charge is 0.478 e. The molecule has 1 aromatic rings. The SMILES string of the molecule is CCCCCCNS(=O)(=O)c1cc(C(=O)O)ccc1C. The van der Waals surface area contributed by atoms with Gasteiger partial charge in [0.25, 0.3) is 0 Å². The standard InChI is InChI=1S/C14H21NO4S/c1-3-4-5-6-9-15-20(18,19)13-10-12(14(16)17)8-7-11(13)2/h7-8,10,15H,3-6,9H2,1-2H3,(H,16,17). The normalized spacial score (nSPS) is 11.5. The Morgan fingerprint density at radius 1 is 1.25 bits per heavy atom. The van der Waals surface area contributed by atoms with Crippen molar-refractivity contribution in [3.63, 3.8) is 0 Å². The van der Waals surface area contributed by atoms with Crippen molar-refractivity contribution >= 4 is 16.0 Å². The van der Waals surface area contributed by atoms with E-state index in [1.807, 2.05) is 0 Å². The van der Waals surface area contributed by atoms with E-state index in [-0.39, 0.29) is 10.5 Å². The van der Waals surface area contributed by atoms with Crippen molar-refractivity contribution in [3.05, 3.63) is 29.3 Å². The fourth-order valence-corrected chi connectivity index (χ4v) is 3.20. The Morgan fingerprint density at radius 3 is 2.55 bits per heavy atom. The molecule has 112 valence electrons. The third-order valence-corrected chi connectivity index (χ3v) is 4.65. The molecule has 20 heavy (non-hydrogen) atoms. The van der Waals surface area contributed by atoms with Gasteiger partial charge in [0.2, 0.25) is 10.0 Å². The summed E-state index contributed by atoms with van der Waals surface area (Å²) in [4.78, 5) is 10.9. The Bertz CT molecular complexity index is 567. The Kier molecular flexibility index (Phi) is 6.16. The highest BCUT2D eigenvalue weighted by atomic mass is 32.2. The van der Waals surface area contributed by atoms with Crippen LogP contribution in [0.3, 0.4) is 0 Å². The van der Waals surface area contributed by atoms with Crippen molar-refractivity contribution in [1.82, 2.24) is 4.72 Å². The first-order chi connectivity index (χ1) is 9.38. The number of rotatable bonds is 8. The summed E-state index contributed by atoms with van der Waals surface area (Å²) in [6.07, 6.45) is 3.93. The fourth-order valence-electron chi connectivity index (χ4n) is 1.86. The van der Waals surface area contributed by atoms with Crippen molar-refractivity contribution in [2.75, 3.05) is 6.54 Å². The van der Waals surface area contributed by atoms with Crippen molar-refractivity contribution in [2.45, 2.75) is 44.4 Å². The molecular weight excluding hydrogens is 278 g/mol. The molecule has 0 unspecified atom stereocenters. The summed E-state index contributed by atoms with van der Waals surface area (Å²) in [6, 6.07) is 4.11. The number of benzene rings is 1. The highest BCUT2D eigenvalue weighted by molar-refractivity contribution is 7.89. The van der Waals surface area contributed by atoms with Crippen molar-refractivity contribution in [2.24, 2.45) is 0 Å². The van der Waals surface area contributed by atoms with Gasteiger partial charge in [0.05, 0.1) is 10.5 Å². The first-order valence-corrected chi connectivity index (χ1v) is 8.20. The van der Waals surface area contributed by atoms with E-state index >= 15 is 0 Å². The number of hydrogen-bond donors (Lipinski definition) is 2. The van der Waals surface area contributed by atoms with Crippen LogP contribution in [-0.2, 0) is 10.0 Å². The molecule has 0 atom stereocenters. The predicted octanol–water partition coefficient (Wildman–Crippen LogP) is 2.55. The van der Waals surface area contributed by atoms with Gasteiger partial charge < -0.3 is 5.11 Å². The number of carbonyl (C=O) groups is 1. The second-order valence-corrected chi connectivity index (χ2v) is 6.48. The lowest BCUT2D eigenvalue weighted by Gasteiger charge is -2.10. The zero-order chi connectivity index (χ0) is 15.2. The van der Waals surface area contributed by atoms with Gasteiger partial charge in [0.15, 0.2) is 0 Å². The van der Waals surface area contributed by atoms with Gasteiger partial charge in [0.1, 0.15) is 0 Å². The molecule has 0 saturated heterocycles. The lowest BCUT2D eigenvalue weighted by atomic mass is 10.1. The molecule has 0 saturated carbocycles. The number of aryl methyl sites for hydroxylation is 1. The third-order valence-electron chi connectivity index (χ3n) is 3.05. The third kappa shape index (κ3) is 4.61. The van der Waals surface area contributed by atoms with E-state index in [9.17, 15) is 13.2 Å². The van der Waals surface area contributed by atoms with Crippen LogP contribution in [-0.4, -0.2) is 26.0 Å². The Labute approximate surface area is 120 Å². The highest BCUT2D eigenvalue weighted by Crippen LogP contribution is 2.17. The summed E-state index contributed by atoms with van der Waals surface area (Å²) >= 11 is 0. The number of unbranched alkanes of at least 4 members (excludes halogenated alkanes) is 3. The maximum Gasteiger partial charge on any atom is 0.335 e. The van der Waals surface area contributed by atoms with Crippen molar-refractivity contribution < 1.29 is 18.3 Å². The molecule has 0 aliphatic heterocycles. The zero-order valence-electron chi connectivity index (χ0n) is 11.8. The molecule has 5 nitrogen and oxygen atoms in total. The highest BCUT2D eigenvalue weighted by Gasteiger charge is 2.18. The molecule has 0 heterocycles. The molecular formula is C14H21NO4S. The van der Waals surface area contributed by atoms with E-state index in [1.165, 1.54) is 18.2 Å². The van der Waals surface area contributed by atoms with Crippen LogP contribution >= 0.6 is 0 Å². The molecule has 0 bridgehead atoms. The molecule has 1 aromatic carbocycles. The molecule has 2 N–H and O–H groups in total.